The maximum Gasteiger partial charge on any atom is 0.246 e. The second-order valence-electron chi connectivity index (χ2n) is 5.28. The van der Waals surface area contributed by atoms with Crippen LogP contribution in [-0.2, 0) is 11.8 Å². The summed E-state index contributed by atoms with van der Waals surface area (Å²) in [5.74, 6) is 1.02. The zero-order valence-electron chi connectivity index (χ0n) is 12.6. The maximum atomic E-state index is 12.2. The Labute approximate surface area is 129 Å². The Morgan fingerprint density at radius 2 is 2.05 bits per heavy atom. The number of rotatable bonds is 3. The minimum Gasteiger partial charge on any atom is -0.353 e. The van der Waals surface area contributed by atoms with Gasteiger partial charge in [0.1, 0.15) is 5.82 Å². The Bertz CT molecular complexity index is 656. The van der Waals surface area contributed by atoms with Crippen molar-refractivity contribution in [2.75, 3.05) is 31.1 Å². The number of hydrogen-bond acceptors (Lipinski definition) is 4. The van der Waals surface area contributed by atoms with Gasteiger partial charge in [0.25, 0.3) is 0 Å². The maximum absolute atomic E-state index is 12.2. The number of aryl methyl sites for hydroxylation is 1. The van der Waals surface area contributed by atoms with Crippen molar-refractivity contribution < 1.29 is 4.79 Å². The summed E-state index contributed by atoms with van der Waals surface area (Å²) in [5.41, 5.74) is 0.933. The first-order chi connectivity index (χ1) is 10.7. The Morgan fingerprint density at radius 3 is 2.68 bits per heavy atom. The van der Waals surface area contributed by atoms with Crippen LogP contribution in [0.1, 0.15) is 5.56 Å². The number of amides is 1. The summed E-state index contributed by atoms with van der Waals surface area (Å²) >= 11 is 0. The van der Waals surface area contributed by atoms with Crippen LogP contribution in [0, 0.1) is 0 Å². The molecule has 1 aliphatic rings. The van der Waals surface area contributed by atoms with Gasteiger partial charge in [0.05, 0.1) is 6.20 Å². The standard InChI is InChI=1S/C16H19N5O/c1-19-13-14(12-18-19)5-6-16(22)21-10-8-20(9-11-21)15-4-2-3-7-17-15/h2-7,12-13H,8-11H2,1H3/b6-5+. The highest BCUT2D eigenvalue weighted by Gasteiger charge is 2.20. The van der Waals surface area contributed by atoms with Gasteiger partial charge in [-0.1, -0.05) is 6.07 Å². The number of pyridine rings is 1. The molecule has 0 atom stereocenters. The number of hydrogen-bond donors (Lipinski definition) is 0. The number of carbonyl (C=O) groups is 1. The lowest BCUT2D eigenvalue weighted by molar-refractivity contribution is -0.126. The molecule has 0 aromatic carbocycles. The van der Waals surface area contributed by atoms with Crippen molar-refractivity contribution in [1.82, 2.24) is 19.7 Å². The summed E-state index contributed by atoms with van der Waals surface area (Å²) < 4.78 is 1.72. The van der Waals surface area contributed by atoms with Gasteiger partial charge in [-0.2, -0.15) is 5.10 Å². The van der Waals surface area contributed by atoms with E-state index in [-0.39, 0.29) is 5.91 Å². The molecule has 114 valence electrons. The quantitative estimate of drug-likeness (QED) is 0.798. The van der Waals surface area contributed by atoms with Crippen LogP contribution >= 0.6 is 0 Å². The molecular weight excluding hydrogens is 278 g/mol. The molecule has 3 rings (SSSR count). The van der Waals surface area contributed by atoms with Gasteiger partial charge in [-0.15, -0.1) is 0 Å². The van der Waals surface area contributed by atoms with E-state index < -0.39 is 0 Å². The normalized spacial score (nSPS) is 15.5. The minimum atomic E-state index is 0.0459. The summed E-state index contributed by atoms with van der Waals surface area (Å²) in [7, 11) is 1.86. The third kappa shape index (κ3) is 3.33. The van der Waals surface area contributed by atoms with Gasteiger partial charge in [-0.3, -0.25) is 9.48 Å². The van der Waals surface area contributed by atoms with Crippen LogP contribution in [0.15, 0.2) is 42.9 Å². The van der Waals surface area contributed by atoms with Gasteiger partial charge in [0.15, 0.2) is 0 Å². The molecule has 2 aromatic rings. The summed E-state index contributed by atoms with van der Waals surface area (Å²) in [6.07, 6.45) is 8.84. The molecule has 3 heterocycles. The lowest BCUT2D eigenvalue weighted by atomic mass is 10.2. The van der Waals surface area contributed by atoms with E-state index in [9.17, 15) is 4.79 Å². The van der Waals surface area contributed by atoms with Crippen LogP contribution in [0.5, 0.6) is 0 Å². The molecule has 0 bridgehead atoms. The third-order valence-electron chi connectivity index (χ3n) is 3.71. The van der Waals surface area contributed by atoms with E-state index in [0.29, 0.717) is 13.1 Å². The molecule has 1 amide bonds. The van der Waals surface area contributed by atoms with E-state index in [1.54, 1.807) is 29.2 Å². The van der Waals surface area contributed by atoms with Gasteiger partial charge in [0.2, 0.25) is 5.91 Å². The highest BCUT2D eigenvalue weighted by molar-refractivity contribution is 5.91. The van der Waals surface area contributed by atoms with Gasteiger partial charge in [-0.25, -0.2) is 4.98 Å². The molecule has 0 N–H and O–H groups in total. The summed E-state index contributed by atoms with van der Waals surface area (Å²) in [5, 5.41) is 4.08. The van der Waals surface area contributed by atoms with Gasteiger partial charge in [0, 0.05) is 57.3 Å². The van der Waals surface area contributed by atoms with Crippen molar-refractivity contribution in [3.63, 3.8) is 0 Å². The van der Waals surface area contributed by atoms with Crippen molar-refractivity contribution in [3.8, 4) is 0 Å². The molecule has 2 aromatic heterocycles. The first kappa shape index (κ1) is 14.3. The van der Waals surface area contributed by atoms with Crippen molar-refractivity contribution in [1.29, 1.82) is 0 Å². The van der Waals surface area contributed by atoms with Crippen LogP contribution in [0.2, 0.25) is 0 Å². The van der Waals surface area contributed by atoms with Crippen LogP contribution in [0.4, 0.5) is 5.82 Å². The molecule has 6 heteroatoms. The molecule has 0 saturated carbocycles. The van der Waals surface area contributed by atoms with E-state index in [1.807, 2.05) is 36.3 Å². The lowest BCUT2D eigenvalue weighted by Gasteiger charge is -2.34. The van der Waals surface area contributed by atoms with Crippen molar-refractivity contribution in [3.05, 3.63) is 48.4 Å². The average molecular weight is 297 g/mol. The highest BCUT2D eigenvalue weighted by atomic mass is 16.2. The SMILES string of the molecule is Cn1cc(/C=C/C(=O)N2CCN(c3ccccn3)CC2)cn1. The lowest BCUT2D eigenvalue weighted by Crippen LogP contribution is -2.48. The monoisotopic (exact) mass is 297 g/mol. The van der Waals surface area contributed by atoms with E-state index >= 15 is 0 Å². The Hall–Kier alpha value is -2.63. The first-order valence-electron chi connectivity index (χ1n) is 7.34. The molecular formula is C16H19N5O. The Balaban J connectivity index is 1.55. The summed E-state index contributed by atoms with van der Waals surface area (Å²) in [4.78, 5) is 20.6. The molecule has 22 heavy (non-hydrogen) atoms. The number of piperazine rings is 1. The number of anilines is 1. The molecule has 1 saturated heterocycles. The van der Waals surface area contributed by atoms with Crippen molar-refractivity contribution in [2.45, 2.75) is 0 Å². The zero-order valence-corrected chi connectivity index (χ0v) is 12.6. The molecule has 1 fully saturated rings. The van der Waals surface area contributed by atoms with Crippen LogP contribution in [0.25, 0.3) is 6.08 Å². The van der Waals surface area contributed by atoms with E-state index in [0.717, 1.165) is 24.5 Å². The van der Waals surface area contributed by atoms with Gasteiger partial charge < -0.3 is 9.80 Å². The van der Waals surface area contributed by atoms with E-state index in [4.69, 9.17) is 0 Å². The largest absolute Gasteiger partial charge is 0.353 e. The smallest absolute Gasteiger partial charge is 0.246 e. The number of aromatic nitrogens is 3. The van der Waals surface area contributed by atoms with Crippen molar-refractivity contribution in [2.24, 2.45) is 7.05 Å². The fraction of sp³-hybridized carbons (Fsp3) is 0.312. The topological polar surface area (TPSA) is 54.3 Å². The van der Waals surface area contributed by atoms with Crippen LogP contribution < -0.4 is 4.90 Å². The second kappa shape index (κ2) is 6.43. The predicted molar refractivity (Wildman–Crippen MR) is 85.3 cm³/mol. The fourth-order valence-electron chi connectivity index (χ4n) is 2.50. The fourth-order valence-corrected chi connectivity index (χ4v) is 2.50. The molecule has 0 spiro atoms. The zero-order chi connectivity index (χ0) is 15.4. The molecule has 0 radical (unpaired) electrons. The van der Waals surface area contributed by atoms with Gasteiger partial charge in [-0.05, 0) is 18.2 Å². The van der Waals surface area contributed by atoms with Gasteiger partial charge >= 0.3 is 0 Å². The number of nitrogens with zero attached hydrogens (tertiary/aromatic N) is 5. The van der Waals surface area contributed by atoms with E-state index in [2.05, 4.69) is 15.0 Å². The third-order valence-corrected chi connectivity index (χ3v) is 3.71. The van der Waals surface area contributed by atoms with Crippen molar-refractivity contribution >= 4 is 17.8 Å². The summed E-state index contributed by atoms with van der Waals surface area (Å²) in [6.45, 7) is 3.05. The highest BCUT2D eigenvalue weighted by Crippen LogP contribution is 2.13. The predicted octanol–water partition coefficient (Wildman–Crippen LogP) is 1.18. The Kier molecular flexibility index (Phi) is 4.18. The molecule has 6 nitrogen and oxygen atoms in total. The molecule has 0 unspecified atom stereocenters. The Morgan fingerprint density at radius 1 is 1.23 bits per heavy atom. The van der Waals surface area contributed by atoms with Crippen LogP contribution in [0.3, 0.4) is 0 Å². The number of carbonyl (C=O) groups excluding carboxylic acids is 1. The van der Waals surface area contributed by atoms with E-state index in [1.165, 1.54) is 0 Å². The molecule has 0 aliphatic carbocycles. The first-order valence-corrected chi connectivity index (χ1v) is 7.34. The average Bonchev–Trinajstić information content (AvgIpc) is 2.99. The summed E-state index contributed by atoms with van der Waals surface area (Å²) in [6, 6.07) is 5.89. The minimum absolute atomic E-state index is 0.0459. The molecule has 1 aliphatic heterocycles. The second-order valence-corrected chi connectivity index (χ2v) is 5.28. The van der Waals surface area contributed by atoms with Crippen LogP contribution in [-0.4, -0.2) is 51.8 Å².